The minimum Gasteiger partial charge on any atom is -0.480 e. The van der Waals surface area contributed by atoms with Crippen LogP contribution in [0.4, 0.5) is 10.5 Å². The number of carboxylic acid groups (broad SMARTS) is 1. The number of amides is 2. The molecule has 1 aromatic carbocycles. The summed E-state index contributed by atoms with van der Waals surface area (Å²) in [5, 5.41) is 14.1. The molecule has 0 aliphatic carbocycles. The van der Waals surface area contributed by atoms with Crippen molar-refractivity contribution in [1.82, 2.24) is 5.32 Å². The Bertz CT molecular complexity index is 463. The van der Waals surface area contributed by atoms with Crippen molar-refractivity contribution in [3.05, 3.63) is 28.8 Å². The summed E-state index contributed by atoms with van der Waals surface area (Å²) in [5.74, 6) is -1.07. The van der Waals surface area contributed by atoms with E-state index in [4.69, 9.17) is 16.7 Å². The zero-order chi connectivity index (χ0) is 13.7. The van der Waals surface area contributed by atoms with Gasteiger partial charge in [-0.15, -0.1) is 0 Å². The zero-order valence-electron chi connectivity index (χ0n) is 10.2. The molecule has 0 spiro atoms. The molecule has 98 valence electrons. The smallest absolute Gasteiger partial charge is 0.326 e. The van der Waals surface area contributed by atoms with Gasteiger partial charge in [0.2, 0.25) is 0 Å². The number of hydrogen-bond acceptors (Lipinski definition) is 2. The van der Waals surface area contributed by atoms with Crippen LogP contribution in [-0.2, 0) is 4.79 Å². The lowest BCUT2D eigenvalue weighted by atomic mass is 10.2. The van der Waals surface area contributed by atoms with Crippen molar-refractivity contribution in [3.63, 3.8) is 0 Å². The number of rotatable bonds is 4. The molecule has 6 heteroatoms. The van der Waals surface area contributed by atoms with Crippen LogP contribution < -0.4 is 10.6 Å². The molecule has 0 unspecified atom stereocenters. The van der Waals surface area contributed by atoms with Gasteiger partial charge in [0.25, 0.3) is 0 Å². The Morgan fingerprint density at radius 2 is 2.11 bits per heavy atom. The minimum atomic E-state index is -1.07. The monoisotopic (exact) mass is 270 g/mol. The Morgan fingerprint density at radius 1 is 1.44 bits per heavy atom. The average molecular weight is 271 g/mol. The lowest BCUT2D eigenvalue weighted by molar-refractivity contribution is -0.139. The second-order valence-electron chi connectivity index (χ2n) is 3.88. The van der Waals surface area contributed by atoms with Gasteiger partial charge in [-0.3, -0.25) is 0 Å². The number of urea groups is 1. The van der Waals surface area contributed by atoms with Gasteiger partial charge in [-0.25, -0.2) is 9.59 Å². The van der Waals surface area contributed by atoms with Crippen molar-refractivity contribution in [2.75, 3.05) is 5.32 Å². The summed E-state index contributed by atoms with van der Waals surface area (Å²) < 4.78 is 0. The number of anilines is 1. The first-order valence-corrected chi connectivity index (χ1v) is 5.88. The average Bonchev–Trinajstić information content (AvgIpc) is 2.29. The molecular weight excluding hydrogens is 256 g/mol. The first-order valence-electron chi connectivity index (χ1n) is 5.50. The van der Waals surface area contributed by atoms with Gasteiger partial charge in [0.1, 0.15) is 6.04 Å². The molecule has 0 aromatic heterocycles. The van der Waals surface area contributed by atoms with E-state index in [0.29, 0.717) is 17.1 Å². The first-order chi connectivity index (χ1) is 8.43. The second kappa shape index (κ2) is 6.26. The van der Waals surface area contributed by atoms with Crippen molar-refractivity contribution in [1.29, 1.82) is 0 Å². The van der Waals surface area contributed by atoms with Crippen molar-refractivity contribution >= 4 is 29.3 Å². The maximum atomic E-state index is 11.6. The summed E-state index contributed by atoms with van der Waals surface area (Å²) in [5.41, 5.74) is 1.42. The lowest BCUT2D eigenvalue weighted by Crippen LogP contribution is -2.42. The van der Waals surface area contributed by atoms with E-state index < -0.39 is 18.0 Å². The molecule has 1 rings (SSSR count). The van der Waals surface area contributed by atoms with Crippen molar-refractivity contribution in [2.45, 2.75) is 26.3 Å². The molecule has 18 heavy (non-hydrogen) atoms. The number of benzene rings is 1. The highest BCUT2D eigenvalue weighted by molar-refractivity contribution is 6.33. The molecule has 1 atom stereocenters. The molecule has 3 N–H and O–H groups in total. The molecule has 2 amide bonds. The third kappa shape index (κ3) is 3.92. The van der Waals surface area contributed by atoms with Gasteiger partial charge >= 0.3 is 12.0 Å². The molecule has 0 bridgehead atoms. The third-order valence-electron chi connectivity index (χ3n) is 2.38. The molecule has 0 radical (unpaired) electrons. The summed E-state index contributed by atoms with van der Waals surface area (Å²) >= 11 is 5.95. The molecule has 0 saturated carbocycles. The maximum Gasteiger partial charge on any atom is 0.326 e. The van der Waals surface area contributed by atoms with Gasteiger partial charge in [-0.05, 0) is 31.0 Å². The number of aryl methyl sites for hydroxylation is 1. The second-order valence-corrected chi connectivity index (χ2v) is 4.29. The topological polar surface area (TPSA) is 78.4 Å². The van der Waals surface area contributed by atoms with Crippen LogP contribution in [0.1, 0.15) is 18.9 Å². The van der Waals surface area contributed by atoms with Gasteiger partial charge in [0, 0.05) is 0 Å². The van der Waals surface area contributed by atoms with Crippen LogP contribution in [0.2, 0.25) is 5.02 Å². The largest absolute Gasteiger partial charge is 0.480 e. The highest BCUT2D eigenvalue weighted by Crippen LogP contribution is 2.22. The Labute approximate surface area is 110 Å². The Hall–Kier alpha value is -1.75. The van der Waals surface area contributed by atoms with Crippen LogP contribution in [-0.4, -0.2) is 23.1 Å². The van der Waals surface area contributed by atoms with Crippen molar-refractivity contribution in [3.8, 4) is 0 Å². The van der Waals surface area contributed by atoms with E-state index in [2.05, 4.69) is 10.6 Å². The van der Waals surface area contributed by atoms with E-state index in [-0.39, 0.29) is 0 Å². The van der Waals surface area contributed by atoms with E-state index in [1.165, 1.54) is 0 Å². The van der Waals surface area contributed by atoms with E-state index in [1.54, 1.807) is 25.1 Å². The van der Waals surface area contributed by atoms with Crippen LogP contribution in [0.5, 0.6) is 0 Å². The maximum absolute atomic E-state index is 11.6. The number of carboxylic acids is 1. The molecule has 0 aliphatic rings. The van der Waals surface area contributed by atoms with Gasteiger partial charge in [0.15, 0.2) is 0 Å². The fourth-order valence-electron chi connectivity index (χ4n) is 1.38. The van der Waals surface area contributed by atoms with Crippen LogP contribution in [0, 0.1) is 6.92 Å². The van der Waals surface area contributed by atoms with Gasteiger partial charge in [-0.2, -0.15) is 0 Å². The molecule has 0 aliphatic heterocycles. The van der Waals surface area contributed by atoms with Crippen molar-refractivity contribution in [2.24, 2.45) is 0 Å². The zero-order valence-corrected chi connectivity index (χ0v) is 10.9. The minimum absolute atomic E-state index is 0.310. The SMILES string of the molecule is CC[C@H](NC(=O)Nc1ccc(C)cc1Cl)C(=O)O. The normalized spacial score (nSPS) is 11.7. The summed E-state index contributed by atoms with van der Waals surface area (Å²) in [7, 11) is 0. The molecule has 0 saturated heterocycles. The summed E-state index contributed by atoms with van der Waals surface area (Å²) in [6.07, 6.45) is 0.310. The number of carbonyl (C=O) groups excluding carboxylic acids is 1. The fourth-order valence-corrected chi connectivity index (χ4v) is 1.66. The van der Waals surface area contributed by atoms with Crippen LogP contribution >= 0.6 is 11.6 Å². The number of carbonyl (C=O) groups is 2. The number of halogens is 1. The summed E-state index contributed by atoms with van der Waals surface area (Å²) in [6, 6.07) is 3.69. The third-order valence-corrected chi connectivity index (χ3v) is 2.70. The molecule has 1 aromatic rings. The highest BCUT2D eigenvalue weighted by atomic mass is 35.5. The molecule has 0 heterocycles. The predicted octanol–water partition coefficient (Wildman–Crippen LogP) is 2.63. The predicted molar refractivity (Wildman–Crippen MR) is 70.1 cm³/mol. The van der Waals surface area contributed by atoms with E-state index in [0.717, 1.165) is 5.56 Å². The number of hydrogen-bond donors (Lipinski definition) is 3. The van der Waals surface area contributed by atoms with Crippen LogP contribution in [0.3, 0.4) is 0 Å². The van der Waals surface area contributed by atoms with E-state index in [1.807, 2.05) is 6.92 Å². The van der Waals surface area contributed by atoms with E-state index >= 15 is 0 Å². The quantitative estimate of drug-likeness (QED) is 0.787. The number of aliphatic carboxylic acids is 1. The van der Waals surface area contributed by atoms with Gasteiger partial charge in [-0.1, -0.05) is 24.6 Å². The lowest BCUT2D eigenvalue weighted by Gasteiger charge is -2.14. The van der Waals surface area contributed by atoms with Crippen LogP contribution in [0.15, 0.2) is 18.2 Å². The fraction of sp³-hybridized carbons (Fsp3) is 0.333. The van der Waals surface area contributed by atoms with E-state index in [9.17, 15) is 9.59 Å². The summed E-state index contributed by atoms with van der Waals surface area (Å²) in [4.78, 5) is 22.3. The van der Waals surface area contributed by atoms with Gasteiger partial charge in [0.05, 0.1) is 10.7 Å². The Balaban J connectivity index is 2.67. The van der Waals surface area contributed by atoms with Crippen molar-refractivity contribution < 1.29 is 14.7 Å². The number of nitrogens with one attached hydrogen (secondary N) is 2. The standard InChI is InChI=1S/C12H15ClN2O3/c1-3-9(11(16)17)14-12(18)15-10-5-4-7(2)6-8(10)13/h4-6,9H,3H2,1-2H3,(H,16,17)(H2,14,15,18)/t9-/m0/s1. The summed E-state index contributed by atoms with van der Waals surface area (Å²) in [6.45, 7) is 3.56. The van der Waals surface area contributed by atoms with Gasteiger partial charge < -0.3 is 15.7 Å². The Morgan fingerprint density at radius 3 is 2.61 bits per heavy atom. The molecule has 5 nitrogen and oxygen atoms in total. The highest BCUT2D eigenvalue weighted by Gasteiger charge is 2.17. The Kier molecular flexibility index (Phi) is 4.97. The van der Waals surface area contributed by atoms with Crippen LogP contribution in [0.25, 0.3) is 0 Å². The molecular formula is C12H15ClN2O3. The first kappa shape index (κ1) is 14.3. The molecule has 0 fully saturated rings.